The molecule has 3 N–H and O–H groups in total. The van der Waals surface area contributed by atoms with Gasteiger partial charge in [-0.1, -0.05) is 11.8 Å². The van der Waals surface area contributed by atoms with Gasteiger partial charge in [0.2, 0.25) is 0 Å². The molecule has 29 heavy (non-hydrogen) atoms. The first kappa shape index (κ1) is 20.2. The zero-order chi connectivity index (χ0) is 20.2. The normalized spacial score (nSPS) is 17.5. The number of thioether (sulfide) groups is 1. The van der Waals surface area contributed by atoms with Gasteiger partial charge in [0, 0.05) is 30.3 Å². The molecule has 1 aromatic carbocycles. The van der Waals surface area contributed by atoms with Gasteiger partial charge in [0.25, 0.3) is 5.91 Å². The minimum Gasteiger partial charge on any atom is -0.380 e. The smallest absolute Gasteiger partial charge is 0.275 e. The fourth-order valence-corrected chi connectivity index (χ4v) is 4.89. The van der Waals surface area contributed by atoms with Gasteiger partial charge in [-0.15, -0.1) is 11.3 Å². The number of amides is 1. The van der Waals surface area contributed by atoms with E-state index in [1.807, 2.05) is 25.1 Å². The lowest BCUT2D eigenvalue weighted by molar-refractivity contribution is 0.102. The molecule has 0 aliphatic carbocycles. The molecule has 10 heteroatoms. The van der Waals surface area contributed by atoms with E-state index in [9.17, 15) is 9.90 Å². The second-order valence-corrected chi connectivity index (χ2v) is 9.01. The molecule has 1 aliphatic rings. The van der Waals surface area contributed by atoms with Crippen molar-refractivity contribution in [2.45, 2.75) is 30.0 Å². The molecule has 3 heterocycles. The summed E-state index contributed by atoms with van der Waals surface area (Å²) in [5.41, 5.74) is 2.56. The van der Waals surface area contributed by atoms with E-state index in [1.165, 1.54) is 29.3 Å². The summed E-state index contributed by atoms with van der Waals surface area (Å²) in [7, 11) is 0. The van der Waals surface area contributed by atoms with Crippen molar-refractivity contribution in [1.82, 2.24) is 20.3 Å². The predicted molar refractivity (Wildman–Crippen MR) is 113 cm³/mol. The summed E-state index contributed by atoms with van der Waals surface area (Å²) in [6, 6.07) is 5.79. The lowest BCUT2D eigenvalue weighted by atomic mass is 10.2. The Morgan fingerprint density at radius 3 is 3.07 bits per heavy atom. The number of ether oxygens (including phenoxy) is 1. The number of aryl methyl sites for hydroxylation is 1. The SMILES string of the molecule is Cc1cnc(C(=O)Nc2ccc3nc(SCC(O)NC4CCOC4)sc3c2)cn1. The van der Waals surface area contributed by atoms with E-state index in [2.05, 4.69) is 25.6 Å². The maximum Gasteiger partial charge on any atom is 0.275 e. The highest BCUT2D eigenvalue weighted by atomic mass is 32.2. The van der Waals surface area contributed by atoms with Crippen molar-refractivity contribution in [2.75, 3.05) is 24.3 Å². The van der Waals surface area contributed by atoms with Crippen molar-refractivity contribution >= 4 is 44.9 Å². The number of aliphatic hydroxyl groups is 1. The summed E-state index contributed by atoms with van der Waals surface area (Å²) in [5, 5.41) is 16.1. The Hall–Kier alpha value is -2.11. The van der Waals surface area contributed by atoms with E-state index in [0.717, 1.165) is 33.3 Å². The Bertz CT molecular complexity index is 989. The number of nitrogens with one attached hydrogen (secondary N) is 2. The zero-order valence-electron chi connectivity index (χ0n) is 15.8. The van der Waals surface area contributed by atoms with E-state index in [0.29, 0.717) is 18.0 Å². The Labute approximate surface area is 176 Å². The second-order valence-electron chi connectivity index (χ2n) is 6.71. The summed E-state index contributed by atoms with van der Waals surface area (Å²) in [6.07, 6.45) is 3.34. The molecule has 2 aromatic heterocycles. The Morgan fingerprint density at radius 1 is 1.41 bits per heavy atom. The average Bonchev–Trinajstić information content (AvgIpc) is 3.36. The molecular formula is C19H21N5O3S2. The molecule has 8 nitrogen and oxygen atoms in total. The van der Waals surface area contributed by atoms with E-state index in [-0.39, 0.29) is 17.6 Å². The number of hydrogen-bond donors (Lipinski definition) is 3. The summed E-state index contributed by atoms with van der Waals surface area (Å²) >= 11 is 3.03. The van der Waals surface area contributed by atoms with Gasteiger partial charge in [0.15, 0.2) is 4.34 Å². The number of carbonyl (C=O) groups excluding carboxylic acids is 1. The Balaban J connectivity index is 1.36. The summed E-state index contributed by atoms with van der Waals surface area (Å²) in [5.74, 6) is 0.201. The highest BCUT2D eigenvalue weighted by molar-refractivity contribution is 8.01. The van der Waals surface area contributed by atoms with E-state index >= 15 is 0 Å². The average molecular weight is 432 g/mol. The van der Waals surface area contributed by atoms with Crippen molar-refractivity contribution in [3.8, 4) is 0 Å². The number of thiazole rings is 1. The van der Waals surface area contributed by atoms with Crippen LogP contribution >= 0.6 is 23.1 Å². The Morgan fingerprint density at radius 2 is 2.31 bits per heavy atom. The number of rotatable bonds is 7. The number of anilines is 1. The van der Waals surface area contributed by atoms with Crippen LogP contribution in [0.25, 0.3) is 10.2 Å². The topological polar surface area (TPSA) is 109 Å². The molecule has 1 amide bonds. The summed E-state index contributed by atoms with van der Waals surface area (Å²) < 4.78 is 7.14. The molecule has 2 unspecified atom stereocenters. The van der Waals surface area contributed by atoms with Gasteiger partial charge in [0.1, 0.15) is 11.9 Å². The first-order valence-electron chi connectivity index (χ1n) is 9.22. The van der Waals surface area contributed by atoms with Gasteiger partial charge < -0.3 is 15.2 Å². The van der Waals surface area contributed by atoms with Crippen LogP contribution < -0.4 is 10.6 Å². The minimum atomic E-state index is -0.607. The quantitative estimate of drug-likeness (QED) is 0.387. The van der Waals surface area contributed by atoms with Crippen LogP contribution in [0.15, 0.2) is 34.9 Å². The first-order valence-corrected chi connectivity index (χ1v) is 11.0. The number of aliphatic hydroxyl groups excluding tert-OH is 1. The summed E-state index contributed by atoms with van der Waals surface area (Å²) in [4.78, 5) is 25.1. The number of benzene rings is 1. The fraction of sp³-hybridized carbons (Fsp3) is 0.368. The van der Waals surface area contributed by atoms with Crippen molar-refractivity contribution in [3.63, 3.8) is 0 Å². The molecule has 1 fully saturated rings. The maximum absolute atomic E-state index is 12.3. The van der Waals surface area contributed by atoms with Crippen LogP contribution in [-0.4, -0.2) is 57.2 Å². The molecule has 0 radical (unpaired) electrons. The standard InChI is InChI=1S/C19H21N5O3S2/c1-11-7-21-15(8-20-11)18(26)23-12-2-3-14-16(6-12)29-19(24-14)28-10-17(25)22-13-4-5-27-9-13/h2-3,6-8,13,17,22,25H,4-5,9-10H2,1H3,(H,23,26). The number of aromatic nitrogens is 3. The molecule has 0 bridgehead atoms. The van der Waals surface area contributed by atoms with Gasteiger partial charge in [-0.25, -0.2) is 9.97 Å². The molecule has 2 atom stereocenters. The molecule has 152 valence electrons. The van der Waals surface area contributed by atoms with Crippen LogP contribution in [0.4, 0.5) is 5.69 Å². The van der Waals surface area contributed by atoms with Gasteiger partial charge in [-0.3, -0.25) is 15.1 Å². The maximum atomic E-state index is 12.3. The molecule has 0 saturated carbocycles. The van der Waals surface area contributed by atoms with Gasteiger partial charge in [-0.2, -0.15) is 0 Å². The number of nitrogens with zero attached hydrogens (tertiary/aromatic N) is 3. The molecule has 4 rings (SSSR count). The third kappa shape index (κ3) is 5.28. The molecule has 1 saturated heterocycles. The van der Waals surface area contributed by atoms with Gasteiger partial charge in [0.05, 0.1) is 28.7 Å². The third-order valence-corrected chi connectivity index (χ3v) is 6.60. The van der Waals surface area contributed by atoms with Crippen LogP contribution in [0.1, 0.15) is 22.6 Å². The van der Waals surface area contributed by atoms with Crippen molar-refractivity contribution < 1.29 is 14.6 Å². The molecule has 1 aliphatic heterocycles. The lowest BCUT2D eigenvalue weighted by Crippen LogP contribution is -2.39. The van der Waals surface area contributed by atoms with Crippen molar-refractivity contribution in [1.29, 1.82) is 0 Å². The van der Waals surface area contributed by atoms with Crippen molar-refractivity contribution in [3.05, 3.63) is 42.0 Å². The van der Waals surface area contributed by atoms with E-state index in [4.69, 9.17) is 4.74 Å². The highest BCUT2D eigenvalue weighted by Gasteiger charge is 2.19. The van der Waals surface area contributed by atoms with Gasteiger partial charge >= 0.3 is 0 Å². The number of carbonyl (C=O) groups is 1. The number of fused-ring (bicyclic) bond motifs is 1. The first-order chi connectivity index (χ1) is 14.1. The van der Waals surface area contributed by atoms with Crippen molar-refractivity contribution in [2.24, 2.45) is 0 Å². The minimum absolute atomic E-state index is 0.213. The third-order valence-electron chi connectivity index (χ3n) is 4.36. The van der Waals surface area contributed by atoms with Crippen LogP contribution in [0.2, 0.25) is 0 Å². The van der Waals surface area contributed by atoms with E-state index in [1.54, 1.807) is 6.20 Å². The summed E-state index contributed by atoms with van der Waals surface area (Å²) in [6.45, 7) is 3.20. The van der Waals surface area contributed by atoms with Crippen LogP contribution in [0, 0.1) is 6.92 Å². The molecule has 3 aromatic rings. The monoisotopic (exact) mass is 431 g/mol. The van der Waals surface area contributed by atoms with Crippen LogP contribution in [0.3, 0.4) is 0 Å². The fourth-order valence-electron chi connectivity index (χ4n) is 2.88. The molecular weight excluding hydrogens is 410 g/mol. The zero-order valence-corrected chi connectivity index (χ0v) is 17.4. The number of hydrogen-bond acceptors (Lipinski definition) is 9. The van der Waals surface area contributed by atoms with Crippen LogP contribution in [0.5, 0.6) is 0 Å². The Kier molecular flexibility index (Phi) is 6.36. The molecule has 0 spiro atoms. The second kappa shape index (κ2) is 9.14. The lowest BCUT2D eigenvalue weighted by Gasteiger charge is -2.16. The van der Waals surface area contributed by atoms with Crippen LogP contribution in [-0.2, 0) is 4.74 Å². The predicted octanol–water partition coefficient (Wildman–Crippen LogP) is 2.44. The van der Waals surface area contributed by atoms with E-state index < -0.39 is 6.23 Å². The highest BCUT2D eigenvalue weighted by Crippen LogP contribution is 2.31. The van der Waals surface area contributed by atoms with Gasteiger partial charge in [-0.05, 0) is 31.5 Å². The largest absolute Gasteiger partial charge is 0.380 e.